The Bertz CT molecular complexity index is 346. The molecule has 15 heavy (non-hydrogen) atoms. The molecule has 4 heteroatoms. The van der Waals surface area contributed by atoms with Crippen molar-refractivity contribution in [2.75, 3.05) is 6.54 Å². The van der Waals surface area contributed by atoms with Crippen molar-refractivity contribution < 1.29 is 0 Å². The van der Waals surface area contributed by atoms with E-state index in [1.165, 1.54) is 19.3 Å². The maximum absolute atomic E-state index is 4.54. The molecular formula is C11H18N4. The molecule has 1 aromatic heterocycles. The molecule has 1 aliphatic heterocycles. The molecule has 2 fully saturated rings. The molecule has 4 nitrogen and oxygen atoms in total. The molecule has 3 unspecified atom stereocenters. The van der Waals surface area contributed by atoms with E-state index in [-0.39, 0.29) is 0 Å². The lowest BCUT2D eigenvalue weighted by atomic mass is 9.94. The fraction of sp³-hybridized carbons (Fsp3) is 0.818. The van der Waals surface area contributed by atoms with Crippen LogP contribution in [0.4, 0.5) is 0 Å². The summed E-state index contributed by atoms with van der Waals surface area (Å²) in [6, 6.07) is 0.411. The van der Waals surface area contributed by atoms with Crippen molar-refractivity contribution in [3.8, 4) is 0 Å². The molecule has 3 atom stereocenters. The average molecular weight is 206 g/mol. The molecule has 1 saturated carbocycles. The Morgan fingerprint density at radius 2 is 2.33 bits per heavy atom. The van der Waals surface area contributed by atoms with Gasteiger partial charge in [0.1, 0.15) is 5.82 Å². The van der Waals surface area contributed by atoms with Crippen molar-refractivity contribution >= 4 is 0 Å². The number of hydrogen-bond acceptors (Lipinski definition) is 3. The number of aryl methyl sites for hydroxylation is 1. The third-order valence-electron chi connectivity index (χ3n) is 3.91. The Labute approximate surface area is 89.9 Å². The van der Waals surface area contributed by atoms with Gasteiger partial charge in [-0.1, -0.05) is 13.3 Å². The van der Waals surface area contributed by atoms with E-state index in [2.05, 4.69) is 27.4 Å². The highest BCUT2D eigenvalue weighted by Crippen LogP contribution is 2.43. The topological polar surface area (TPSA) is 53.6 Å². The molecule has 1 aliphatic carbocycles. The highest BCUT2D eigenvalue weighted by atomic mass is 15.2. The van der Waals surface area contributed by atoms with Gasteiger partial charge in [0.15, 0.2) is 5.82 Å². The predicted octanol–water partition coefficient (Wildman–Crippen LogP) is 1.43. The summed E-state index contributed by atoms with van der Waals surface area (Å²) >= 11 is 0. The number of aromatic amines is 1. The van der Waals surface area contributed by atoms with E-state index in [1.54, 1.807) is 0 Å². The average Bonchev–Trinajstić information content (AvgIpc) is 2.92. The van der Waals surface area contributed by atoms with E-state index in [9.17, 15) is 0 Å². The van der Waals surface area contributed by atoms with Gasteiger partial charge in [0.25, 0.3) is 0 Å². The molecular weight excluding hydrogens is 188 g/mol. The van der Waals surface area contributed by atoms with Gasteiger partial charge in [-0.3, -0.25) is 5.10 Å². The standard InChI is InChI=1S/C11H18N4/c1-2-9-13-11(15-14-9)10-8-5-3-4-7(8)6-12-10/h7-8,10,12H,2-6H2,1H3,(H,13,14,15). The zero-order chi connectivity index (χ0) is 10.3. The minimum atomic E-state index is 0.411. The molecule has 2 heterocycles. The van der Waals surface area contributed by atoms with Crippen LogP contribution in [0.25, 0.3) is 0 Å². The fourth-order valence-electron chi connectivity index (χ4n) is 3.08. The molecule has 0 amide bonds. The number of aromatic nitrogens is 3. The lowest BCUT2D eigenvalue weighted by Gasteiger charge is -2.14. The molecule has 0 radical (unpaired) electrons. The second kappa shape index (κ2) is 3.59. The minimum absolute atomic E-state index is 0.411. The van der Waals surface area contributed by atoms with E-state index in [0.29, 0.717) is 6.04 Å². The Kier molecular flexibility index (Phi) is 2.24. The van der Waals surface area contributed by atoms with Crippen LogP contribution in [0.5, 0.6) is 0 Å². The molecule has 82 valence electrons. The smallest absolute Gasteiger partial charge is 0.167 e. The van der Waals surface area contributed by atoms with Crippen molar-refractivity contribution in [2.45, 2.75) is 38.6 Å². The quantitative estimate of drug-likeness (QED) is 0.769. The molecule has 1 saturated heterocycles. The third-order valence-corrected chi connectivity index (χ3v) is 3.91. The summed E-state index contributed by atoms with van der Waals surface area (Å²) in [4.78, 5) is 4.54. The van der Waals surface area contributed by atoms with Gasteiger partial charge in [0.2, 0.25) is 0 Å². The summed E-state index contributed by atoms with van der Waals surface area (Å²) in [6.07, 6.45) is 5.06. The zero-order valence-electron chi connectivity index (χ0n) is 9.16. The van der Waals surface area contributed by atoms with Crippen molar-refractivity contribution in [1.29, 1.82) is 0 Å². The monoisotopic (exact) mass is 206 g/mol. The van der Waals surface area contributed by atoms with Crippen molar-refractivity contribution in [2.24, 2.45) is 11.8 Å². The first-order valence-corrected chi connectivity index (χ1v) is 6.03. The van der Waals surface area contributed by atoms with Crippen LogP contribution in [-0.4, -0.2) is 21.7 Å². The summed E-state index contributed by atoms with van der Waals surface area (Å²) in [5.41, 5.74) is 0. The molecule has 1 aromatic rings. The van der Waals surface area contributed by atoms with Crippen molar-refractivity contribution in [3.05, 3.63) is 11.6 Å². The van der Waals surface area contributed by atoms with E-state index in [1.807, 2.05) is 0 Å². The first-order chi connectivity index (χ1) is 7.38. The number of nitrogens with zero attached hydrogens (tertiary/aromatic N) is 2. The first kappa shape index (κ1) is 9.33. The molecule has 0 aromatic carbocycles. The molecule has 2 aliphatic rings. The fourth-order valence-corrected chi connectivity index (χ4v) is 3.08. The van der Waals surface area contributed by atoms with Crippen LogP contribution in [0, 0.1) is 11.8 Å². The van der Waals surface area contributed by atoms with Crippen LogP contribution in [0.2, 0.25) is 0 Å². The Hall–Kier alpha value is -0.900. The normalized spacial score (nSPS) is 34.6. The summed E-state index contributed by atoms with van der Waals surface area (Å²) in [7, 11) is 0. The van der Waals surface area contributed by atoms with Crippen LogP contribution in [0.1, 0.15) is 43.9 Å². The van der Waals surface area contributed by atoms with Crippen molar-refractivity contribution in [3.63, 3.8) is 0 Å². The second-order valence-electron chi connectivity index (χ2n) is 4.73. The second-order valence-corrected chi connectivity index (χ2v) is 4.73. The van der Waals surface area contributed by atoms with Gasteiger partial charge >= 0.3 is 0 Å². The van der Waals surface area contributed by atoms with Crippen LogP contribution in [0.15, 0.2) is 0 Å². The molecule has 0 bridgehead atoms. The molecule has 0 spiro atoms. The van der Waals surface area contributed by atoms with E-state index >= 15 is 0 Å². The van der Waals surface area contributed by atoms with Gasteiger partial charge < -0.3 is 5.32 Å². The van der Waals surface area contributed by atoms with Gasteiger partial charge in [-0.05, 0) is 31.2 Å². The highest BCUT2D eigenvalue weighted by Gasteiger charge is 2.41. The van der Waals surface area contributed by atoms with E-state index in [0.717, 1.165) is 36.5 Å². The highest BCUT2D eigenvalue weighted by molar-refractivity contribution is 5.05. The SMILES string of the molecule is CCc1nc(C2NCC3CCCC32)n[nH]1. The summed E-state index contributed by atoms with van der Waals surface area (Å²) < 4.78 is 0. The number of fused-ring (bicyclic) bond motifs is 1. The van der Waals surface area contributed by atoms with Crippen LogP contribution >= 0.6 is 0 Å². The van der Waals surface area contributed by atoms with Crippen LogP contribution < -0.4 is 5.32 Å². The maximum atomic E-state index is 4.54. The van der Waals surface area contributed by atoms with E-state index in [4.69, 9.17) is 0 Å². The predicted molar refractivity (Wildman–Crippen MR) is 57.3 cm³/mol. The first-order valence-electron chi connectivity index (χ1n) is 6.03. The van der Waals surface area contributed by atoms with Crippen LogP contribution in [-0.2, 0) is 6.42 Å². The van der Waals surface area contributed by atoms with Crippen molar-refractivity contribution in [1.82, 2.24) is 20.5 Å². The van der Waals surface area contributed by atoms with Crippen LogP contribution in [0.3, 0.4) is 0 Å². The number of hydrogen-bond donors (Lipinski definition) is 2. The summed E-state index contributed by atoms with van der Waals surface area (Å²) in [5, 5.41) is 10.9. The Morgan fingerprint density at radius 1 is 1.40 bits per heavy atom. The molecule has 2 N–H and O–H groups in total. The number of rotatable bonds is 2. The Balaban J connectivity index is 1.81. The molecule has 3 rings (SSSR count). The van der Waals surface area contributed by atoms with Gasteiger partial charge in [0.05, 0.1) is 6.04 Å². The lowest BCUT2D eigenvalue weighted by molar-refractivity contribution is 0.408. The summed E-state index contributed by atoms with van der Waals surface area (Å²) in [6.45, 7) is 3.26. The van der Waals surface area contributed by atoms with Gasteiger partial charge in [-0.15, -0.1) is 0 Å². The number of nitrogens with one attached hydrogen (secondary N) is 2. The third kappa shape index (κ3) is 1.47. The minimum Gasteiger partial charge on any atom is -0.307 e. The lowest BCUT2D eigenvalue weighted by Crippen LogP contribution is -2.19. The Morgan fingerprint density at radius 3 is 3.13 bits per heavy atom. The number of H-pyrrole nitrogens is 1. The van der Waals surface area contributed by atoms with E-state index < -0.39 is 0 Å². The maximum Gasteiger partial charge on any atom is 0.167 e. The van der Waals surface area contributed by atoms with Gasteiger partial charge in [0, 0.05) is 6.42 Å². The van der Waals surface area contributed by atoms with Gasteiger partial charge in [-0.2, -0.15) is 5.10 Å². The summed E-state index contributed by atoms with van der Waals surface area (Å²) in [5.74, 6) is 3.65. The largest absolute Gasteiger partial charge is 0.307 e. The van der Waals surface area contributed by atoms with Gasteiger partial charge in [-0.25, -0.2) is 4.98 Å². The zero-order valence-corrected chi connectivity index (χ0v) is 9.16.